The molecule has 1 fully saturated rings. The van der Waals surface area contributed by atoms with Gasteiger partial charge in [0.25, 0.3) is 5.91 Å². The SMILES string of the molecule is Cc1ccc(CNC(=O)c2cc(C3CC3)[nH]n2)s1. The number of hydrogen-bond acceptors (Lipinski definition) is 3. The van der Waals surface area contributed by atoms with E-state index in [1.807, 2.05) is 12.1 Å². The lowest BCUT2D eigenvalue weighted by atomic mass is 10.2. The molecule has 4 nitrogen and oxygen atoms in total. The fourth-order valence-electron chi connectivity index (χ4n) is 1.89. The van der Waals surface area contributed by atoms with Crippen LogP contribution in [0, 0.1) is 6.92 Å². The summed E-state index contributed by atoms with van der Waals surface area (Å²) in [6.45, 7) is 2.63. The van der Waals surface area contributed by atoms with Crippen molar-refractivity contribution in [3.8, 4) is 0 Å². The molecular weight excluding hydrogens is 246 g/mol. The van der Waals surface area contributed by atoms with Crippen LogP contribution >= 0.6 is 11.3 Å². The third kappa shape index (κ3) is 2.46. The summed E-state index contributed by atoms with van der Waals surface area (Å²) in [6.07, 6.45) is 2.41. The van der Waals surface area contributed by atoms with E-state index in [-0.39, 0.29) is 5.91 Å². The van der Waals surface area contributed by atoms with Gasteiger partial charge in [0.2, 0.25) is 0 Å². The molecule has 0 spiro atoms. The molecule has 5 heteroatoms. The van der Waals surface area contributed by atoms with E-state index in [4.69, 9.17) is 0 Å². The number of carbonyl (C=O) groups is 1. The number of amides is 1. The van der Waals surface area contributed by atoms with Gasteiger partial charge in [0.05, 0.1) is 6.54 Å². The molecule has 3 rings (SSSR count). The normalized spacial score (nSPS) is 14.7. The number of nitrogens with one attached hydrogen (secondary N) is 2. The molecule has 0 unspecified atom stereocenters. The quantitative estimate of drug-likeness (QED) is 0.888. The summed E-state index contributed by atoms with van der Waals surface area (Å²) < 4.78 is 0. The molecule has 1 aliphatic carbocycles. The number of aromatic nitrogens is 2. The van der Waals surface area contributed by atoms with Crippen molar-refractivity contribution in [3.63, 3.8) is 0 Å². The van der Waals surface area contributed by atoms with Crippen LogP contribution in [0.2, 0.25) is 0 Å². The first kappa shape index (κ1) is 11.5. The fourth-order valence-corrected chi connectivity index (χ4v) is 2.72. The molecule has 94 valence electrons. The molecular formula is C13H15N3OS. The largest absolute Gasteiger partial charge is 0.346 e. The Kier molecular flexibility index (Phi) is 2.91. The second-order valence-corrected chi connectivity index (χ2v) is 6.05. The second-order valence-electron chi connectivity index (χ2n) is 4.68. The Hall–Kier alpha value is -1.62. The molecule has 2 aromatic heterocycles. The number of thiophene rings is 1. The lowest BCUT2D eigenvalue weighted by Gasteiger charge is -1.99. The highest BCUT2D eigenvalue weighted by Gasteiger charge is 2.26. The molecule has 1 saturated carbocycles. The smallest absolute Gasteiger partial charge is 0.272 e. The van der Waals surface area contributed by atoms with Gasteiger partial charge in [-0.3, -0.25) is 9.89 Å². The van der Waals surface area contributed by atoms with Crippen molar-refractivity contribution in [1.82, 2.24) is 15.5 Å². The highest BCUT2D eigenvalue weighted by Crippen LogP contribution is 2.38. The van der Waals surface area contributed by atoms with Crippen LogP contribution in [0.3, 0.4) is 0 Å². The Morgan fingerprint density at radius 3 is 3.06 bits per heavy atom. The molecule has 1 aliphatic rings. The van der Waals surface area contributed by atoms with Crippen LogP contribution in [-0.2, 0) is 6.54 Å². The van der Waals surface area contributed by atoms with E-state index < -0.39 is 0 Å². The van der Waals surface area contributed by atoms with Crippen molar-refractivity contribution in [2.45, 2.75) is 32.2 Å². The Morgan fingerprint density at radius 1 is 1.56 bits per heavy atom. The molecule has 2 aromatic rings. The van der Waals surface area contributed by atoms with Gasteiger partial charge in [-0.15, -0.1) is 11.3 Å². The first-order chi connectivity index (χ1) is 8.72. The molecule has 2 N–H and O–H groups in total. The van der Waals surface area contributed by atoms with Gasteiger partial charge in [0, 0.05) is 21.4 Å². The van der Waals surface area contributed by atoms with Gasteiger partial charge in [-0.1, -0.05) is 0 Å². The first-order valence-corrected chi connectivity index (χ1v) is 6.93. The third-order valence-electron chi connectivity index (χ3n) is 3.07. The molecule has 0 saturated heterocycles. The number of carbonyl (C=O) groups excluding carboxylic acids is 1. The number of H-pyrrole nitrogens is 1. The zero-order chi connectivity index (χ0) is 12.5. The van der Waals surface area contributed by atoms with Crippen LogP contribution in [-0.4, -0.2) is 16.1 Å². The van der Waals surface area contributed by atoms with E-state index in [0.717, 1.165) is 5.69 Å². The van der Waals surface area contributed by atoms with Crippen molar-refractivity contribution in [2.75, 3.05) is 0 Å². The summed E-state index contributed by atoms with van der Waals surface area (Å²) in [5, 5.41) is 9.89. The number of nitrogens with zero attached hydrogens (tertiary/aromatic N) is 1. The zero-order valence-electron chi connectivity index (χ0n) is 10.2. The second kappa shape index (κ2) is 4.57. The summed E-state index contributed by atoms with van der Waals surface area (Å²) in [4.78, 5) is 14.3. The van der Waals surface area contributed by atoms with Crippen LogP contribution < -0.4 is 5.32 Å². The highest BCUT2D eigenvalue weighted by molar-refractivity contribution is 7.11. The molecule has 0 radical (unpaired) electrons. The summed E-state index contributed by atoms with van der Waals surface area (Å²) in [5.41, 5.74) is 1.58. The molecule has 2 heterocycles. The topological polar surface area (TPSA) is 57.8 Å². The molecule has 0 aromatic carbocycles. The van der Waals surface area contributed by atoms with Gasteiger partial charge in [0.15, 0.2) is 0 Å². The van der Waals surface area contributed by atoms with Crippen molar-refractivity contribution >= 4 is 17.2 Å². The van der Waals surface area contributed by atoms with Crippen LogP contribution in [0.25, 0.3) is 0 Å². The van der Waals surface area contributed by atoms with Crippen LogP contribution in [0.1, 0.15) is 44.7 Å². The van der Waals surface area contributed by atoms with E-state index in [9.17, 15) is 4.79 Å². The van der Waals surface area contributed by atoms with Crippen molar-refractivity contribution in [1.29, 1.82) is 0 Å². The minimum absolute atomic E-state index is 0.107. The van der Waals surface area contributed by atoms with E-state index in [1.165, 1.54) is 22.6 Å². The van der Waals surface area contributed by atoms with Gasteiger partial charge in [0.1, 0.15) is 5.69 Å². The number of aromatic amines is 1. The Balaban J connectivity index is 1.59. The van der Waals surface area contributed by atoms with Crippen molar-refractivity contribution in [3.05, 3.63) is 39.3 Å². The summed E-state index contributed by atoms with van der Waals surface area (Å²) in [5.74, 6) is 0.489. The minimum atomic E-state index is -0.107. The maximum Gasteiger partial charge on any atom is 0.272 e. The fraction of sp³-hybridized carbons (Fsp3) is 0.385. The predicted molar refractivity (Wildman–Crippen MR) is 70.8 cm³/mol. The van der Waals surface area contributed by atoms with Gasteiger partial charge in [-0.2, -0.15) is 5.10 Å². The summed E-state index contributed by atoms with van der Waals surface area (Å²) in [6, 6.07) is 5.97. The van der Waals surface area contributed by atoms with Crippen LogP contribution in [0.5, 0.6) is 0 Å². The number of aryl methyl sites for hydroxylation is 1. The molecule has 1 amide bonds. The first-order valence-electron chi connectivity index (χ1n) is 6.11. The Labute approximate surface area is 109 Å². The Morgan fingerprint density at radius 2 is 2.39 bits per heavy atom. The van der Waals surface area contributed by atoms with Crippen LogP contribution in [0.15, 0.2) is 18.2 Å². The van der Waals surface area contributed by atoms with Crippen molar-refractivity contribution in [2.24, 2.45) is 0 Å². The molecule has 0 aliphatic heterocycles. The van der Waals surface area contributed by atoms with Gasteiger partial charge in [-0.05, 0) is 38.0 Å². The van der Waals surface area contributed by atoms with Crippen LogP contribution in [0.4, 0.5) is 0 Å². The number of rotatable bonds is 4. The van der Waals surface area contributed by atoms with Gasteiger partial charge >= 0.3 is 0 Å². The van der Waals surface area contributed by atoms with E-state index in [0.29, 0.717) is 18.2 Å². The zero-order valence-corrected chi connectivity index (χ0v) is 11.0. The van der Waals surface area contributed by atoms with E-state index in [1.54, 1.807) is 11.3 Å². The summed E-state index contributed by atoms with van der Waals surface area (Å²) >= 11 is 1.70. The molecule has 0 bridgehead atoms. The average Bonchev–Trinajstić information content (AvgIpc) is 2.94. The van der Waals surface area contributed by atoms with Crippen molar-refractivity contribution < 1.29 is 4.79 Å². The lowest BCUT2D eigenvalue weighted by Crippen LogP contribution is -2.22. The monoisotopic (exact) mass is 261 g/mol. The third-order valence-corrected chi connectivity index (χ3v) is 4.07. The molecule has 18 heavy (non-hydrogen) atoms. The predicted octanol–water partition coefficient (Wildman–Crippen LogP) is 2.59. The maximum absolute atomic E-state index is 11.9. The standard InChI is InChI=1S/C13H15N3OS/c1-8-2-5-10(18-8)7-14-13(17)12-6-11(15-16-12)9-3-4-9/h2,5-6,9H,3-4,7H2,1H3,(H,14,17)(H,15,16). The summed E-state index contributed by atoms with van der Waals surface area (Å²) in [7, 11) is 0. The highest BCUT2D eigenvalue weighted by atomic mass is 32.1. The number of hydrogen-bond donors (Lipinski definition) is 2. The van der Waals surface area contributed by atoms with Gasteiger partial charge in [-0.25, -0.2) is 0 Å². The van der Waals surface area contributed by atoms with E-state index in [2.05, 4.69) is 28.5 Å². The van der Waals surface area contributed by atoms with Gasteiger partial charge < -0.3 is 5.32 Å². The Bertz CT molecular complexity index is 568. The molecule has 0 atom stereocenters. The minimum Gasteiger partial charge on any atom is -0.346 e. The lowest BCUT2D eigenvalue weighted by molar-refractivity contribution is 0.0946. The maximum atomic E-state index is 11.9. The average molecular weight is 261 g/mol. The van der Waals surface area contributed by atoms with E-state index >= 15 is 0 Å².